The lowest BCUT2D eigenvalue weighted by atomic mass is 10.0. The van der Waals surface area contributed by atoms with Crippen molar-refractivity contribution in [1.29, 1.82) is 0 Å². The third kappa shape index (κ3) is 4.35. The Kier molecular flexibility index (Phi) is 6.15. The van der Waals surface area contributed by atoms with E-state index in [0.29, 0.717) is 0 Å². The second-order valence-corrected chi connectivity index (χ2v) is 7.67. The molecule has 0 amide bonds. The lowest BCUT2D eigenvalue weighted by Gasteiger charge is -2.23. The van der Waals surface area contributed by atoms with Crippen molar-refractivity contribution >= 4 is 43.6 Å². The largest absolute Gasteiger partial charge is 0.326 e. The molecule has 0 aliphatic heterocycles. The SMILES string of the molecule is CCC(N)C(Sc1cccc(Br)c1)c1cccc(Br)c1. The van der Waals surface area contributed by atoms with Gasteiger partial charge in [-0.25, -0.2) is 0 Å². The highest BCUT2D eigenvalue weighted by Crippen LogP contribution is 2.39. The fourth-order valence-corrected chi connectivity index (χ4v) is 4.25. The van der Waals surface area contributed by atoms with Crippen molar-refractivity contribution in [2.24, 2.45) is 5.73 Å². The molecule has 1 nitrogen and oxygen atoms in total. The molecule has 0 aliphatic rings. The summed E-state index contributed by atoms with van der Waals surface area (Å²) in [5, 5.41) is 0.256. The third-order valence-corrected chi connectivity index (χ3v) is 5.48. The zero-order valence-electron chi connectivity index (χ0n) is 11.2. The van der Waals surface area contributed by atoms with Crippen LogP contribution < -0.4 is 5.73 Å². The Bertz CT molecular complexity index is 574. The van der Waals surface area contributed by atoms with Gasteiger partial charge in [-0.2, -0.15) is 0 Å². The molecule has 0 heterocycles. The summed E-state index contributed by atoms with van der Waals surface area (Å²) in [5.41, 5.74) is 7.60. The minimum Gasteiger partial charge on any atom is -0.326 e. The summed E-state index contributed by atoms with van der Waals surface area (Å²) >= 11 is 8.88. The van der Waals surface area contributed by atoms with Gasteiger partial charge in [0.15, 0.2) is 0 Å². The predicted octanol–water partition coefficient (Wildman–Crippen LogP) is 5.78. The van der Waals surface area contributed by atoms with Crippen molar-refractivity contribution in [3.8, 4) is 0 Å². The molecule has 2 unspecified atom stereocenters. The van der Waals surface area contributed by atoms with Crippen LogP contribution in [-0.4, -0.2) is 6.04 Å². The minimum absolute atomic E-state index is 0.133. The molecule has 2 aromatic rings. The maximum absolute atomic E-state index is 6.34. The number of rotatable bonds is 5. The molecule has 4 heteroatoms. The normalized spacial score (nSPS) is 14.0. The number of thioether (sulfide) groups is 1. The first-order valence-corrected chi connectivity index (χ1v) is 9.00. The molecule has 0 aliphatic carbocycles. The van der Waals surface area contributed by atoms with Gasteiger partial charge in [0.25, 0.3) is 0 Å². The maximum atomic E-state index is 6.34. The van der Waals surface area contributed by atoms with Gasteiger partial charge in [0.2, 0.25) is 0 Å². The Balaban J connectivity index is 2.29. The Labute approximate surface area is 141 Å². The molecule has 0 aromatic heterocycles. The predicted molar refractivity (Wildman–Crippen MR) is 95.1 cm³/mol. The average Bonchev–Trinajstić information content (AvgIpc) is 2.44. The van der Waals surface area contributed by atoms with Gasteiger partial charge in [-0.05, 0) is 42.3 Å². The van der Waals surface area contributed by atoms with Crippen LogP contribution in [0.5, 0.6) is 0 Å². The van der Waals surface area contributed by atoms with Crippen LogP contribution >= 0.6 is 43.6 Å². The first kappa shape index (κ1) is 16.1. The second kappa shape index (κ2) is 7.64. The Hall–Kier alpha value is -0.290. The van der Waals surface area contributed by atoms with E-state index < -0.39 is 0 Å². The van der Waals surface area contributed by atoms with Crippen LogP contribution in [0.1, 0.15) is 24.2 Å². The van der Waals surface area contributed by atoms with Gasteiger partial charge in [0.05, 0.1) is 0 Å². The van der Waals surface area contributed by atoms with E-state index in [4.69, 9.17) is 5.73 Å². The number of nitrogens with two attached hydrogens (primary N) is 1. The van der Waals surface area contributed by atoms with Crippen molar-refractivity contribution < 1.29 is 0 Å². The fourth-order valence-electron chi connectivity index (χ4n) is 1.99. The molecule has 2 aromatic carbocycles. The van der Waals surface area contributed by atoms with E-state index in [1.165, 1.54) is 10.5 Å². The molecular weight excluding hydrogens is 398 g/mol. The van der Waals surface area contributed by atoms with Gasteiger partial charge < -0.3 is 5.73 Å². The van der Waals surface area contributed by atoms with Gasteiger partial charge in [-0.15, -0.1) is 11.8 Å². The topological polar surface area (TPSA) is 26.0 Å². The Morgan fingerprint density at radius 2 is 1.70 bits per heavy atom. The quantitative estimate of drug-likeness (QED) is 0.627. The summed E-state index contributed by atoms with van der Waals surface area (Å²) in [6, 6.07) is 16.9. The molecule has 0 radical (unpaired) electrons. The first-order valence-electron chi connectivity index (χ1n) is 6.53. The van der Waals surface area contributed by atoms with Gasteiger partial charge in [0.1, 0.15) is 0 Å². The van der Waals surface area contributed by atoms with Crippen molar-refractivity contribution in [3.63, 3.8) is 0 Å². The molecule has 0 saturated carbocycles. The summed E-state index contributed by atoms with van der Waals surface area (Å²) in [6.07, 6.45) is 0.957. The van der Waals surface area contributed by atoms with Gasteiger partial charge >= 0.3 is 0 Å². The van der Waals surface area contributed by atoms with Gasteiger partial charge in [-0.3, -0.25) is 0 Å². The first-order chi connectivity index (χ1) is 9.60. The molecule has 2 atom stereocenters. The molecule has 2 N–H and O–H groups in total. The van der Waals surface area contributed by atoms with E-state index in [1.807, 2.05) is 23.9 Å². The second-order valence-electron chi connectivity index (χ2n) is 4.62. The molecule has 106 valence electrons. The van der Waals surface area contributed by atoms with Crippen LogP contribution in [0.3, 0.4) is 0 Å². The zero-order chi connectivity index (χ0) is 14.5. The molecule has 0 spiro atoms. The van der Waals surface area contributed by atoms with Crippen molar-refractivity contribution in [3.05, 3.63) is 63.0 Å². The van der Waals surface area contributed by atoms with Gasteiger partial charge in [-0.1, -0.05) is 57.0 Å². The van der Waals surface area contributed by atoms with Crippen LogP contribution in [0, 0.1) is 0 Å². The van der Waals surface area contributed by atoms with Crippen molar-refractivity contribution in [2.45, 2.75) is 29.5 Å². The van der Waals surface area contributed by atoms with E-state index in [-0.39, 0.29) is 11.3 Å². The van der Waals surface area contributed by atoms with Gasteiger partial charge in [0, 0.05) is 25.1 Å². The van der Waals surface area contributed by atoms with Crippen LogP contribution in [0.15, 0.2) is 62.4 Å². The summed E-state index contributed by atoms with van der Waals surface area (Å²) in [5.74, 6) is 0. The average molecular weight is 415 g/mol. The summed E-state index contributed by atoms with van der Waals surface area (Å²) in [7, 11) is 0. The lowest BCUT2D eigenvalue weighted by Crippen LogP contribution is -2.25. The third-order valence-electron chi connectivity index (χ3n) is 3.10. The lowest BCUT2D eigenvalue weighted by molar-refractivity contribution is 0.634. The fraction of sp³-hybridized carbons (Fsp3) is 0.250. The molecule has 2 rings (SSSR count). The summed E-state index contributed by atoms with van der Waals surface area (Å²) in [4.78, 5) is 1.23. The van der Waals surface area contributed by atoms with E-state index in [9.17, 15) is 0 Å². The molecular formula is C16H17Br2NS. The standard InChI is InChI=1S/C16H17Br2NS/c1-2-15(19)16(11-5-3-6-12(17)9-11)20-14-8-4-7-13(18)10-14/h3-10,15-16H,2,19H2,1H3. The highest BCUT2D eigenvalue weighted by molar-refractivity contribution is 9.10. The van der Waals surface area contributed by atoms with E-state index in [1.54, 1.807) is 0 Å². The minimum atomic E-state index is 0.133. The molecule has 0 fully saturated rings. The van der Waals surface area contributed by atoms with E-state index in [2.05, 4.69) is 75.2 Å². The molecule has 20 heavy (non-hydrogen) atoms. The number of hydrogen-bond acceptors (Lipinski definition) is 2. The van der Waals surface area contributed by atoms with Crippen LogP contribution in [-0.2, 0) is 0 Å². The molecule has 0 saturated heterocycles. The summed E-state index contributed by atoms with van der Waals surface area (Å²) < 4.78 is 2.19. The molecule has 0 bridgehead atoms. The Morgan fingerprint density at radius 3 is 2.30 bits per heavy atom. The smallest absolute Gasteiger partial charge is 0.0495 e. The van der Waals surface area contributed by atoms with E-state index >= 15 is 0 Å². The number of benzene rings is 2. The summed E-state index contributed by atoms with van der Waals surface area (Å²) in [6.45, 7) is 2.14. The maximum Gasteiger partial charge on any atom is 0.0495 e. The Morgan fingerprint density at radius 1 is 1.05 bits per heavy atom. The van der Waals surface area contributed by atoms with Crippen LogP contribution in [0.4, 0.5) is 0 Å². The highest BCUT2D eigenvalue weighted by atomic mass is 79.9. The monoisotopic (exact) mass is 413 g/mol. The van der Waals surface area contributed by atoms with Crippen LogP contribution in [0.2, 0.25) is 0 Å². The zero-order valence-corrected chi connectivity index (χ0v) is 15.2. The van der Waals surface area contributed by atoms with E-state index in [0.717, 1.165) is 15.4 Å². The van der Waals surface area contributed by atoms with Crippen molar-refractivity contribution in [1.82, 2.24) is 0 Å². The van der Waals surface area contributed by atoms with Crippen molar-refractivity contribution in [2.75, 3.05) is 0 Å². The number of hydrogen-bond donors (Lipinski definition) is 1. The number of halogens is 2. The van der Waals surface area contributed by atoms with Crippen LogP contribution in [0.25, 0.3) is 0 Å². The highest BCUT2D eigenvalue weighted by Gasteiger charge is 2.20.